The second-order valence-electron chi connectivity index (χ2n) is 6.37. The van der Waals surface area contributed by atoms with Crippen LogP contribution in [0.25, 0.3) is 0 Å². The monoisotopic (exact) mass is 352 g/mol. The Bertz CT molecular complexity index is 746. The number of carbonyl (C=O) groups excluding carboxylic acids is 2. The van der Waals surface area contributed by atoms with Crippen molar-refractivity contribution in [1.29, 1.82) is 0 Å². The van der Waals surface area contributed by atoms with E-state index in [0.717, 1.165) is 31.6 Å². The Hall–Kier alpha value is -2.86. The van der Waals surface area contributed by atoms with Crippen molar-refractivity contribution in [2.45, 2.75) is 18.9 Å². The van der Waals surface area contributed by atoms with E-state index in [9.17, 15) is 9.59 Å². The molecule has 1 aliphatic heterocycles. The van der Waals surface area contributed by atoms with E-state index in [4.69, 9.17) is 0 Å². The van der Waals surface area contributed by atoms with E-state index in [1.165, 1.54) is 0 Å². The van der Waals surface area contributed by atoms with Crippen molar-refractivity contribution >= 4 is 23.3 Å². The molecule has 2 aromatic rings. The zero-order valence-electron chi connectivity index (χ0n) is 14.9. The lowest BCUT2D eigenvalue weighted by atomic mass is 10.1. The molecule has 0 bridgehead atoms. The lowest BCUT2D eigenvalue weighted by molar-refractivity contribution is 0.0737. The number of likely N-dealkylation sites (N-methyl/N-ethyl adjacent to an activating group) is 1. The van der Waals surface area contributed by atoms with E-state index < -0.39 is 0 Å². The number of carbonyl (C=O) groups is 2. The van der Waals surface area contributed by atoms with Gasteiger partial charge in [0.05, 0.1) is 0 Å². The van der Waals surface area contributed by atoms with Gasteiger partial charge in [0.1, 0.15) is 0 Å². The van der Waals surface area contributed by atoms with Crippen molar-refractivity contribution < 1.29 is 9.59 Å². The summed E-state index contributed by atoms with van der Waals surface area (Å²) in [6, 6.07) is 16.2. The summed E-state index contributed by atoms with van der Waals surface area (Å²) in [6.45, 7) is 1.61. The lowest BCUT2D eigenvalue weighted by Gasteiger charge is -2.24. The second kappa shape index (κ2) is 8.49. The third kappa shape index (κ3) is 4.40. The highest BCUT2D eigenvalue weighted by atomic mass is 16.2. The minimum Gasteiger partial charge on any atom is -0.334 e. The number of amides is 3. The molecule has 136 valence electrons. The summed E-state index contributed by atoms with van der Waals surface area (Å²) in [5.74, 6) is 0.0445. The first-order valence-electron chi connectivity index (χ1n) is 8.86. The quantitative estimate of drug-likeness (QED) is 0.774. The van der Waals surface area contributed by atoms with Gasteiger partial charge in [-0.1, -0.05) is 18.2 Å². The molecular formula is C20H24N4O2. The Morgan fingerprint density at radius 2 is 1.65 bits per heavy atom. The van der Waals surface area contributed by atoms with Crippen LogP contribution in [0, 0.1) is 0 Å². The van der Waals surface area contributed by atoms with Crippen molar-refractivity contribution in [3.63, 3.8) is 0 Å². The van der Waals surface area contributed by atoms with Gasteiger partial charge < -0.3 is 20.9 Å². The summed E-state index contributed by atoms with van der Waals surface area (Å²) in [4.78, 5) is 26.7. The minimum absolute atomic E-state index is 0.0445. The molecule has 26 heavy (non-hydrogen) atoms. The van der Waals surface area contributed by atoms with Gasteiger partial charge in [-0.3, -0.25) is 4.79 Å². The third-order valence-corrected chi connectivity index (χ3v) is 4.50. The predicted molar refractivity (Wildman–Crippen MR) is 104 cm³/mol. The summed E-state index contributed by atoms with van der Waals surface area (Å²) in [5, 5.41) is 8.68. The number of rotatable bonds is 5. The Balaban J connectivity index is 1.59. The molecule has 0 saturated carbocycles. The van der Waals surface area contributed by atoms with Gasteiger partial charge in [-0.25, -0.2) is 4.79 Å². The van der Waals surface area contributed by atoms with Crippen molar-refractivity contribution in [2.75, 3.05) is 30.8 Å². The minimum atomic E-state index is -0.316. The van der Waals surface area contributed by atoms with E-state index in [1.54, 1.807) is 24.3 Å². The van der Waals surface area contributed by atoms with Crippen molar-refractivity contribution in [2.24, 2.45) is 0 Å². The van der Waals surface area contributed by atoms with Crippen molar-refractivity contribution in [1.82, 2.24) is 10.2 Å². The Labute approximate surface area is 153 Å². The molecule has 1 saturated heterocycles. The maximum atomic E-state index is 12.7. The number of hydrogen-bond acceptors (Lipinski definition) is 3. The highest BCUT2D eigenvalue weighted by Crippen LogP contribution is 2.20. The molecule has 0 spiro atoms. The predicted octanol–water partition coefficient (Wildman–Crippen LogP) is 3.15. The van der Waals surface area contributed by atoms with Gasteiger partial charge in [-0.05, 0) is 56.3 Å². The molecule has 1 unspecified atom stereocenters. The van der Waals surface area contributed by atoms with Crippen LogP contribution in [0.2, 0.25) is 0 Å². The molecule has 3 N–H and O–H groups in total. The standard InChI is InChI=1S/C20H24N4O2/c1-21-14-18-8-5-13-24(18)19(25)15-9-11-17(12-10-15)23-20(26)22-16-6-3-2-4-7-16/h2-4,6-7,9-12,18,21H,5,8,13-14H2,1H3,(H2,22,23,26). The van der Waals surface area contributed by atoms with Crippen LogP contribution in [0.4, 0.5) is 16.2 Å². The van der Waals surface area contributed by atoms with E-state index in [-0.39, 0.29) is 18.0 Å². The number of hydrogen-bond donors (Lipinski definition) is 3. The fourth-order valence-corrected chi connectivity index (χ4v) is 3.23. The fraction of sp³-hybridized carbons (Fsp3) is 0.300. The molecule has 1 atom stereocenters. The molecule has 1 fully saturated rings. The highest BCUT2D eigenvalue weighted by molar-refractivity contribution is 6.00. The summed E-state index contributed by atoms with van der Waals surface area (Å²) in [7, 11) is 1.90. The Kier molecular flexibility index (Phi) is 5.86. The van der Waals surface area contributed by atoms with E-state index in [1.807, 2.05) is 42.3 Å². The third-order valence-electron chi connectivity index (χ3n) is 4.50. The van der Waals surface area contributed by atoms with Crippen molar-refractivity contribution in [3.8, 4) is 0 Å². The highest BCUT2D eigenvalue weighted by Gasteiger charge is 2.28. The van der Waals surface area contributed by atoms with Crippen LogP contribution in [-0.4, -0.2) is 43.0 Å². The molecule has 3 rings (SSSR count). The van der Waals surface area contributed by atoms with Gasteiger partial charge in [0.2, 0.25) is 0 Å². The van der Waals surface area contributed by atoms with Gasteiger partial charge in [0.15, 0.2) is 0 Å². The number of urea groups is 1. The smallest absolute Gasteiger partial charge is 0.323 e. The number of nitrogens with one attached hydrogen (secondary N) is 3. The van der Waals surface area contributed by atoms with Crippen LogP contribution >= 0.6 is 0 Å². The SMILES string of the molecule is CNCC1CCCN1C(=O)c1ccc(NC(=O)Nc2ccccc2)cc1. The van der Waals surface area contributed by atoms with E-state index >= 15 is 0 Å². The largest absolute Gasteiger partial charge is 0.334 e. The molecule has 6 heteroatoms. The van der Waals surface area contributed by atoms with Crippen LogP contribution in [0.1, 0.15) is 23.2 Å². The molecule has 1 heterocycles. The summed E-state index contributed by atoms with van der Waals surface area (Å²) < 4.78 is 0. The first-order valence-corrected chi connectivity index (χ1v) is 8.86. The van der Waals surface area contributed by atoms with Crippen LogP contribution in [0.15, 0.2) is 54.6 Å². The van der Waals surface area contributed by atoms with E-state index in [2.05, 4.69) is 16.0 Å². The topological polar surface area (TPSA) is 73.5 Å². The molecule has 2 aromatic carbocycles. The Morgan fingerprint density at radius 3 is 2.31 bits per heavy atom. The number of para-hydroxylation sites is 1. The zero-order valence-corrected chi connectivity index (χ0v) is 14.9. The van der Waals surface area contributed by atoms with Gasteiger partial charge in [0.25, 0.3) is 5.91 Å². The number of benzene rings is 2. The lowest BCUT2D eigenvalue weighted by Crippen LogP contribution is -2.40. The second-order valence-corrected chi connectivity index (χ2v) is 6.37. The van der Waals surface area contributed by atoms with Gasteiger partial charge in [-0.2, -0.15) is 0 Å². The van der Waals surface area contributed by atoms with Gasteiger partial charge in [0, 0.05) is 36.1 Å². The fourth-order valence-electron chi connectivity index (χ4n) is 3.23. The molecular weight excluding hydrogens is 328 g/mol. The van der Waals surface area contributed by atoms with E-state index in [0.29, 0.717) is 11.3 Å². The van der Waals surface area contributed by atoms with Crippen LogP contribution in [0.3, 0.4) is 0 Å². The first-order chi connectivity index (χ1) is 12.7. The first kappa shape index (κ1) is 17.9. The maximum Gasteiger partial charge on any atom is 0.323 e. The normalized spacial score (nSPS) is 16.3. The summed E-state index contributed by atoms with van der Waals surface area (Å²) >= 11 is 0. The zero-order chi connectivity index (χ0) is 18.4. The van der Waals surface area contributed by atoms with Gasteiger partial charge >= 0.3 is 6.03 Å². The van der Waals surface area contributed by atoms with Crippen LogP contribution < -0.4 is 16.0 Å². The molecule has 3 amide bonds. The molecule has 0 aliphatic carbocycles. The average molecular weight is 352 g/mol. The van der Waals surface area contributed by atoms with Crippen LogP contribution in [-0.2, 0) is 0 Å². The number of anilines is 2. The summed E-state index contributed by atoms with van der Waals surface area (Å²) in [6.07, 6.45) is 2.07. The molecule has 0 radical (unpaired) electrons. The Morgan fingerprint density at radius 1 is 1.00 bits per heavy atom. The molecule has 1 aliphatic rings. The number of likely N-dealkylation sites (tertiary alicyclic amines) is 1. The summed E-state index contributed by atoms with van der Waals surface area (Å²) in [5.41, 5.74) is 2.01. The maximum absolute atomic E-state index is 12.7. The van der Waals surface area contributed by atoms with Crippen LogP contribution in [0.5, 0.6) is 0 Å². The van der Waals surface area contributed by atoms with Crippen molar-refractivity contribution in [3.05, 3.63) is 60.2 Å². The average Bonchev–Trinajstić information content (AvgIpc) is 3.11. The number of nitrogens with zero attached hydrogens (tertiary/aromatic N) is 1. The molecule has 6 nitrogen and oxygen atoms in total. The van der Waals surface area contributed by atoms with Gasteiger partial charge in [-0.15, -0.1) is 0 Å². The molecule has 0 aromatic heterocycles.